The Morgan fingerprint density at radius 3 is 2.79 bits per heavy atom. The SMILES string of the molecule is C=CCNC(=NC)NCc1cccnc1N(C)C.I. The van der Waals surface area contributed by atoms with Crippen LogP contribution in [0.1, 0.15) is 5.56 Å². The van der Waals surface area contributed by atoms with E-state index in [-0.39, 0.29) is 24.0 Å². The Labute approximate surface area is 132 Å². The molecule has 1 aromatic heterocycles. The van der Waals surface area contributed by atoms with E-state index < -0.39 is 0 Å². The van der Waals surface area contributed by atoms with Crippen LogP contribution in [0.5, 0.6) is 0 Å². The first-order valence-electron chi connectivity index (χ1n) is 5.85. The summed E-state index contributed by atoms with van der Waals surface area (Å²) in [6.07, 6.45) is 3.59. The van der Waals surface area contributed by atoms with E-state index in [0.717, 1.165) is 17.3 Å². The van der Waals surface area contributed by atoms with Crippen molar-refractivity contribution in [3.8, 4) is 0 Å². The van der Waals surface area contributed by atoms with E-state index in [0.29, 0.717) is 13.1 Å². The molecule has 0 unspecified atom stereocenters. The van der Waals surface area contributed by atoms with Crippen LogP contribution >= 0.6 is 24.0 Å². The van der Waals surface area contributed by atoms with Crippen molar-refractivity contribution in [3.63, 3.8) is 0 Å². The van der Waals surface area contributed by atoms with Gasteiger partial charge in [0.05, 0.1) is 0 Å². The number of aliphatic imine (C=N–C) groups is 1. The summed E-state index contributed by atoms with van der Waals surface area (Å²) >= 11 is 0. The Morgan fingerprint density at radius 2 is 2.21 bits per heavy atom. The number of nitrogens with zero attached hydrogens (tertiary/aromatic N) is 3. The van der Waals surface area contributed by atoms with Crippen molar-refractivity contribution in [1.29, 1.82) is 0 Å². The van der Waals surface area contributed by atoms with Crippen LogP contribution in [0.3, 0.4) is 0 Å². The summed E-state index contributed by atoms with van der Waals surface area (Å²) in [5.74, 6) is 1.72. The summed E-state index contributed by atoms with van der Waals surface area (Å²) in [6, 6.07) is 3.99. The monoisotopic (exact) mass is 375 g/mol. The number of hydrogen-bond acceptors (Lipinski definition) is 3. The van der Waals surface area contributed by atoms with E-state index in [1.165, 1.54) is 0 Å². The third-order valence-electron chi connectivity index (χ3n) is 2.37. The molecule has 0 fully saturated rings. The highest BCUT2D eigenvalue weighted by atomic mass is 127. The molecule has 0 atom stereocenters. The van der Waals surface area contributed by atoms with E-state index in [1.54, 1.807) is 19.3 Å². The molecule has 19 heavy (non-hydrogen) atoms. The lowest BCUT2D eigenvalue weighted by molar-refractivity contribution is 0.837. The van der Waals surface area contributed by atoms with Crippen molar-refractivity contribution in [3.05, 3.63) is 36.5 Å². The summed E-state index contributed by atoms with van der Waals surface area (Å²) in [7, 11) is 5.71. The minimum absolute atomic E-state index is 0. The summed E-state index contributed by atoms with van der Waals surface area (Å²) in [5.41, 5.74) is 1.13. The molecule has 1 rings (SSSR count). The highest BCUT2D eigenvalue weighted by Gasteiger charge is 2.05. The van der Waals surface area contributed by atoms with Crippen LogP contribution in [0, 0.1) is 0 Å². The Kier molecular flexibility index (Phi) is 8.94. The Morgan fingerprint density at radius 1 is 1.47 bits per heavy atom. The zero-order valence-corrected chi connectivity index (χ0v) is 14.0. The van der Waals surface area contributed by atoms with Gasteiger partial charge in [0.2, 0.25) is 0 Å². The van der Waals surface area contributed by atoms with Crippen LogP contribution in [0.25, 0.3) is 0 Å². The van der Waals surface area contributed by atoms with Gasteiger partial charge in [-0.2, -0.15) is 0 Å². The minimum Gasteiger partial charge on any atom is -0.362 e. The lowest BCUT2D eigenvalue weighted by Crippen LogP contribution is -2.37. The average molecular weight is 375 g/mol. The molecule has 6 heteroatoms. The predicted octanol–water partition coefficient (Wildman–Crippen LogP) is 1.62. The van der Waals surface area contributed by atoms with Gasteiger partial charge in [-0.25, -0.2) is 4.98 Å². The molecule has 0 spiro atoms. The average Bonchev–Trinajstić information content (AvgIpc) is 2.39. The lowest BCUT2D eigenvalue weighted by Gasteiger charge is -2.17. The van der Waals surface area contributed by atoms with E-state index in [2.05, 4.69) is 33.3 Å². The second-order valence-corrected chi connectivity index (χ2v) is 3.98. The maximum absolute atomic E-state index is 4.35. The lowest BCUT2D eigenvalue weighted by atomic mass is 10.2. The smallest absolute Gasteiger partial charge is 0.191 e. The molecule has 1 aromatic rings. The molecule has 0 aliphatic rings. The summed E-state index contributed by atoms with van der Waals surface area (Å²) < 4.78 is 0. The van der Waals surface area contributed by atoms with Crippen molar-refractivity contribution >= 4 is 35.8 Å². The van der Waals surface area contributed by atoms with Gasteiger partial charge in [0.15, 0.2) is 5.96 Å². The van der Waals surface area contributed by atoms with Crippen LogP contribution in [-0.2, 0) is 6.54 Å². The first kappa shape index (κ1) is 17.7. The topological polar surface area (TPSA) is 52.6 Å². The number of anilines is 1. The zero-order valence-electron chi connectivity index (χ0n) is 11.7. The number of rotatable bonds is 5. The van der Waals surface area contributed by atoms with Gasteiger partial charge in [0.25, 0.3) is 0 Å². The number of halogens is 1. The molecule has 2 N–H and O–H groups in total. The van der Waals surface area contributed by atoms with E-state index in [4.69, 9.17) is 0 Å². The fraction of sp³-hybridized carbons (Fsp3) is 0.385. The quantitative estimate of drug-likeness (QED) is 0.356. The van der Waals surface area contributed by atoms with Gasteiger partial charge in [-0.15, -0.1) is 30.6 Å². The number of nitrogens with one attached hydrogen (secondary N) is 2. The first-order chi connectivity index (χ1) is 8.69. The van der Waals surface area contributed by atoms with Gasteiger partial charge in [0.1, 0.15) is 5.82 Å². The summed E-state index contributed by atoms with van der Waals surface area (Å²) in [5, 5.41) is 6.37. The van der Waals surface area contributed by atoms with Crippen LogP contribution in [0.15, 0.2) is 36.0 Å². The molecular weight excluding hydrogens is 353 g/mol. The maximum Gasteiger partial charge on any atom is 0.191 e. The number of aromatic nitrogens is 1. The van der Waals surface area contributed by atoms with Crippen molar-refractivity contribution in [1.82, 2.24) is 15.6 Å². The number of hydrogen-bond donors (Lipinski definition) is 2. The maximum atomic E-state index is 4.35. The third kappa shape index (κ3) is 5.91. The fourth-order valence-electron chi connectivity index (χ4n) is 1.54. The largest absolute Gasteiger partial charge is 0.362 e. The van der Waals surface area contributed by atoms with E-state index in [1.807, 2.05) is 25.1 Å². The second-order valence-electron chi connectivity index (χ2n) is 3.98. The van der Waals surface area contributed by atoms with Gasteiger partial charge < -0.3 is 15.5 Å². The zero-order chi connectivity index (χ0) is 13.4. The molecule has 5 nitrogen and oxygen atoms in total. The van der Waals surface area contributed by atoms with Crippen molar-refractivity contribution in [2.24, 2.45) is 4.99 Å². The number of guanidine groups is 1. The van der Waals surface area contributed by atoms with Crippen molar-refractivity contribution in [2.45, 2.75) is 6.54 Å². The molecule has 0 amide bonds. The van der Waals surface area contributed by atoms with E-state index in [9.17, 15) is 0 Å². The Bertz CT molecular complexity index is 417. The molecule has 106 valence electrons. The van der Waals surface area contributed by atoms with Gasteiger partial charge in [0, 0.05) is 46.0 Å². The molecule has 0 bridgehead atoms. The molecule has 0 aromatic carbocycles. The molecule has 0 aliphatic carbocycles. The second kappa shape index (κ2) is 9.60. The van der Waals surface area contributed by atoms with Gasteiger partial charge in [-0.05, 0) is 6.07 Å². The first-order valence-corrected chi connectivity index (χ1v) is 5.85. The summed E-state index contributed by atoms with van der Waals surface area (Å²) in [4.78, 5) is 10.5. The highest BCUT2D eigenvalue weighted by Crippen LogP contribution is 2.13. The van der Waals surface area contributed by atoms with Crippen LogP contribution < -0.4 is 15.5 Å². The predicted molar refractivity (Wildman–Crippen MR) is 92.4 cm³/mol. The molecule has 1 heterocycles. The van der Waals surface area contributed by atoms with Gasteiger partial charge in [-0.3, -0.25) is 4.99 Å². The van der Waals surface area contributed by atoms with Crippen molar-refractivity contribution < 1.29 is 0 Å². The Hall–Kier alpha value is -1.31. The number of pyridine rings is 1. The summed E-state index contributed by atoms with van der Waals surface area (Å²) in [6.45, 7) is 5.03. The van der Waals surface area contributed by atoms with E-state index >= 15 is 0 Å². The molecule has 0 saturated heterocycles. The third-order valence-corrected chi connectivity index (χ3v) is 2.37. The van der Waals surface area contributed by atoms with Crippen LogP contribution in [0.4, 0.5) is 5.82 Å². The highest BCUT2D eigenvalue weighted by molar-refractivity contribution is 14.0. The normalized spacial score (nSPS) is 10.4. The molecule has 0 saturated carbocycles. The molecule has 0 radical (unpaired) electrons. The molecular formula is C13H22IN5. The molecule has 0 aliphatic heterocycles. The minimum atomic E-state index is 0. The van der Waals surface area contributed by atoms with Gasteiger partial charge in [-0.1, -0.05) is 12.1 Å². The fourth-order valence-corrected chi connectivity index (χ4v) is 1.54. The Balaban J connectivity index is 0.00000324. The van der Waals surface area contributed by atoms with Gasteiger partial charge >= 0.3 is 0 Å². The van der Waals surface area contributed by atoms with Crippen LogP contribution in [-0.4, -0.2) is 38.6 Å². The van der Waals surface area contributed by atoms with Crippen LogP contribution in [0.2, 0.25) is 0 Å². The van der Waals surface area contributed by atoms with Crippen molar-refractivity contribution in [2.75, 3.05) is 32.6 Å². The standard InChI is InChI=1S/C13H21N5.HI/c1-5-8-16-13(14-2)17-10-11-7-6-9-15-12(11)18(3)4;/h5-7,9H,1,8,10H2,2-4H3,(H2,14,16,17);1H.